The molecular weight excluding hydrogens is 268 g/mol. The summed E-state index contributed by atoms with van der Waals surface area (Å²) < 4.78 is 5.11. The van der Waals surface area contributed by atoms with E-state index in [1.54, 1.807) is 18.1 Å². The average Bonchev–Trinajstić information content (AvgIpc) is 2.60. The number of para-hydroxylation sites is 1. The van der Waals surface area contributed by atoms with Gasteiger partial charge in [-0.1, -0.05) is 19.1 Å². The lowest BCUT2D eigenvalue weighted by Gasteiger charge is -2.30. The molecule has 0 aliphatic carbocycles. The van der Waals surface area contributed by atoms with Crippen LogP contribution in [0.3, 0.4) is 0 Å². The topological polar surface area (TPSA) is 58.6 Å². The average molecular weight is 290 g/mol. The molecule has 0 fully saturated rings. The molecule has 2 atom stereocenters. The van der Waals surface area contributed by atoms with Crippen molar-refractivity contribution < 1.29 is 14.3 Å². The number of hydrogen-bond acceptors (Lipinski definition) is 3. The Bertz CT molecular complexity index is 530. The molecule has 0 saturated heterocycles. The fraction of sp³-hybridized carbons (Fsp3) is 0.500. The number of methoxy groups -OCH3 is 1. The van der Waals surface area contributed by atoms with E-state index in [2.05, 4.69) is 5.32 Å². The highest BCUT2D eigenvalue weighted by atomic mass is 16.5. The lowest BCUT2D eigenvalue weighted by molar-refractivity contribution is -0.120. The summed E-state index contributed by atoms with van der Waals surface area (Å²) in [6.45, 7) is 4.46. The number of benzene rings is 1. The van der Waals surface area contributed by atoms with E-state index >= 15 is 0 Å². The van der Waals surface area contributed by atoms with Crippen molar-refractivity contribution in [2.45, 2.75) is 38.8 Å². The van der Waals surface area contributed by atoms with Gasteiger partial charge in [-0.2, -0.15) is 0 Å². The molecule has 1 aromatic rings. The molecule has 5 heteroatoms. The Labute approximate surface area is 125 Å². The molecule has 5 nitrogen and oxygen atoms in total. The standard InChI is InChI=1S/C16H22N2O3/c1-4-13-16(20)18(11(2)9-10-21-3)14-8-6-5-7-12(14)15(19)17-13/h5-8,11,13H,4,9-10H2,1-3H3,(H,17,19). The van der Waals surface area contributed by atoms with Crippen LogP contribution in [0.4, 0.5) is 5.69 Å². The number of carbonyl (C=O) groups excluding carboxylic acids is 2. The lowest BCUT2D eigenvalue weighted by Crippen LogP contribution is -2.48. The summed E-state index contributed by atoms with van der Waals surface area (Å²) in [7, 11) is 1.64. The molecule has 2 unspecified atom stereocenters. The van der Waals surface area contributed by atoms with E-state index in [1.165, 1.54) is 0 Å². The van der Waals surface area contributed by atoms with Gasteiger partial charge >= 0.3 is 0 Å². The zero-order valence-electron chi connectivity index (χ0n) is 12.8. The second-order valence-corrected chi connectivity index (χ2v) is 5.29. The second kappa shape index (κ2) is 6.72. The van der Waals surface area contributed by atoms with Gasteiger partial charge in [-0.15, -0.1) is 0 Å². The maximum absolute atomic E-state index is 12.8. The van der Waals surface area contributed by atoms with E-state index in [-0.39, 0.29) is 17.9 Å². The van der Waals surface area contributed by atoms with Crippen molar-refractivity contribution >= 4 is 17.5 Å². The van der Waals surface area contributed by atoms with Gasteiger partial charge in [0.2, 0.25) is 5.91 Å². The lowest BCUT2D eigenvalue weighted by atomic mass is 10.1. The number of carbonyl (C=O) groups is 2. The van der Waals surface area contributed by atoms with Gasteiger partial charge in [-0.3, -0.25) is 9.59 Å². The SMILES string of the molecule is CCC1NC(=O)c2ccccc2N(C(C)CCOC)C1=O. The number of hydrogen-bond donors (Lipinski definition) is 1. The van der Waals surface area contributed by atoms with Crippen LogP contribution in [0.5, 0.6) is 0 Å². The summed E-state index contributed by atoms with van der Waals surface area (Å²) in [6.07, 6.45) is 1.30. The van der Waals surface area contributed by atoms with Gasteiger partial charge in [-0.05, 0) is 31.9 Å². The summed E-state index contributed by atoms with van der Waals surface area (Å²) in [6, 6.07) is 6.74. The van der Waals surface area contributed by atoms with Crippen LogP contribution in [0, 0.1) is 0 Å². The number of rotatable bonds is 5. The first-order chi connectivity index (χ1) is 10.1. The Morgan fingerprint density at radius 1 is 1.33 bits per heavy atom. The number of fused-ring (bicyclic) bond motifs is 1. The van der Waals surface area contributed by atoms with Gasteiger partial charge in [0.1, 0.15) is 6.04 Å². The summed E-state index contributed by atoms with van der Waals surface area (Å²) in [5.41, 5.74) is 1.23. The van der Waals surface area contributed by atoms with E-state index < -0.39 is 6.04 Å². The molecule has 1 aliphatic heterocycles. The van der Waals surface area contributed by atoms with E-state index in [4.69, 9.17) is 4.74 Å². The molecule has 2 rings (SSSR count). The summed E-state index contributed by atoms with van der Waals surface area (Å²) in [4.78, 5) is 26.8. The molecule has 1 N–H and O–H groups in total. The van der Waals surface area contributed by atoms with Gasteiger partial charge in [-0.25, -0.2) is 0 Å². The zero-order chi connectivity index (χ0) is 15.4. The van der Waals surface area contributed by atoms with E-state index in [0.29, 0.717) is 24.3 Å². The molecule has 1 aromatic carbocycles. The van der Waals surface area contributed by atoms with Crippen molar-refractivity contribution in [1.82, 2.24) is 5.32 Å². The first-order valence-corrected chi connectivity index (χ1v) is 7.32. The van der Waals surface area contributed by atoms with Crippen LogP contribution in [0.1, 0.15) is 37.0 Å². The van der Waals surface area contributed by atoms with Crippen molar-refractivity contribution in [3.05, 3.63) is 29.8 Å². The van der Waals surface area contributed by atoms with Crippen LogP contribution < -0.4 is 10.2 Å². The zero-order valence-corrected chi connectivity index (χ0v) is 12.8. The highest BCUT2D eigenvalue weighted by Gasteiger charge is 2.34. The summed E-state index contributed by atoms with van der Waals surface area (Å²) >= 11 is 0. The Morgan fingerprint density at radius 2 is 2.05 bits per heavy atom. The number of ether oxygens (including phenoxy) is 1. The molecule has 2 amide bonds. The van der Waals surface area contributed by atoms with Crippen LogP contribution in [-0.2, 0) is 9.53 Å². The van der Waals surface area contributed by atoms with Crippen LogP contribution in [0.15, 0.2) is 24.3 Å². The molecule has 0 radical (unpaired) electrons. The number of nitrogens with one attached hydrogen (secondary N) is 1. The van der Waals surface area contributed by atoms with Crippen molar-refractivity contribution in [1.29, 1.82) is 0 Å². The predicted molar refractivity (Wildman–Crippen MR) is 81.4 cm³/mol. The minimum Gasteiger partial charge on any atom is -0.385 e. The maximum Gasteiger partial charge on any atom is 0.254 e. The van der Waals surface area contributed by atoms with Gasteiger partial charge in [0.25, 0.3) is 5.91 Å². The van der Waals surface area contributed by atoms with Crippen molar-refractivity contribution in [3.63, 3.8) is 0 Å². The Balaban J connectivity index is 2.44. The molecule has 114 valence electrons. The molecular formula is C16H22N2O3. The third-order valence-electron chi connectivity index (χ3n) is 3.84. The van der Waals surface area contributed by atoms with Gasteiger partial charge < -0.3 is 15.0 Å². The number of nitrogens with zero attached hydrogens (tertiary/aromatic N) is 1. The van der Waals surface area contributed by atoms with E-state index in [0.717, 1.165) is 6.42 Å². The van der Waals surface area contributed by atoms with Crippen LogP contribution >= 0.6 is 0 Å². The Hall–Kier alpha value is -1.88. The molecule has 0 spiro atoms. The summed E-state index contributed by atoms with van der Waals surface area (Å²) in [5, 5.41) is 2.81. The molecule has 0 bridgehead atoms. The number of anilines is 1. The quantitative estimate of drug-likeness (QED) is 0.902. The fourth-order valence-corrected chi connectivity index (χ4v) is 2.61. The molecule has 0 aromatic heterocycles. The monoisotopic (exact) mass is 290 g/mol. The third kappa shape index (κ3) is 3.08. The predicted octanol–water partition coefficient (Wildman–Crippen LogP) is 1.97. The van der Waals surface area contributed by atoms with Crippen molar-refractivity contribution in [3.8, 4) is 0 Å². The first-order valence-electron chi connectivity index (χ1n) is 7.32. The van der Waals surface area contributed by atoms with Gasteiger partial charge in [0.15, 0.2) is 0 Å². The molecule has 1 aliphatic rings. The summed E-state index contributed by atoms with van der Waals surface area (Å²) in [5.74, 6) is -0.244. The normalized spacial score (nSPS) is 19.8. The minimum absolute atomic E-state index is 0.0275. The molecule has 21 heavy (non-hydrogen) atoms. The molecule has 0 saturated carbocycles. The van der Waals surface area contributed by atoms with Gasteiger partial charge in [0, 0.05) is 19.8 Å². The minimum atomic E-state index is -0.477. The highest BCUT2D eigenvalue weighted by Crippen LogP contribution is 2.27. The van der Waals surface area contributed by atoms with Gasteiger partial charge in [0.05, 0.1) is 11.3 Å². The van der Waals surface area contributed by atoms with Crippen LogP contribution in [0.25, 0.3) is 0 Å². The first kappa shape index (κ1) is 15.5. The van der Waals surface area contributed by atoms with Crippen LogP contribution in [0.2, 0.25) is 0 Å². The second-order valence-electron chi connectivity index (χ2n) is 5.29. The highest BCUT2D eigenvalue weighted by molar-refractivity contribution is 6.11. The fourth-order valence-electron chi connectivity index (χ4n) is 2.61. The van der Waals surface area contributed by atoms with Crippen LogP contribution in [-0.4, -0.2) is 37.6 Å². The smallest absolute Gasteiger partial charge is 0.254 e. The van der Waals surface area contributed by atoms with E-state index in [9.17, 15) is 9.59 Å². The maximum atomic E-state index is 12.8. The van der Waals surface area contributed by atoms with E-state index in [1.807, 2.05) is 32.0 Å². The third-order valence-corrected chi connectivity index (χ3v) is 3.84. The Morgan fingerprint density at radius 3 is 2.71 bits per heavy atom. The Kier molecular flexibility index (Phi) is 4.96. The van der Waals surface area contributed by atoms with Crippen molar-refractivity contribution in [2.75, 3.05) is 18.6 Å². The van der Waals surface area contributed by atoms with Crippen molar-refractivity contribution in [2.24, 2.45) is 0 Å². The number of amides is 2. The largest absolute Gasteiger partial charge is 0.385 e. The molecule has 1 heterocycles.